The first-order chi connectivity index (χ1) is 6.38. The second-order valence-corrected chi connectivity index (χ2v) is 5.03. The SMILES string of the molecule is NCC1C2CCOC2C12CCCC2. The summed E-state index contributed by atoms with van der Waals surface area (Å²) in [7, 11) is 0. The van der Waals surface area contributed by atoms with Crippen LogP contribution >= 0.6 is 0 Å². The Hall–Kier alpha value is -0.0800. The van der Waals surface area contributed by atoms with Crippen LogP contribution in [0.25, 0.3) is 0 Å². The molecule has 0 bridgehead atoms. The van der Waals surface area contributed by atoms with Gasteiger partial charge in [-0.1, -0.05) is 12.8 Å². The molecule has 0 amide bonds. The summed E-state index contributed by atoms with van der Waals surface area (Å²) >= 11 is 0. The van der Waals surface area contributed by atoms with E-state index in [0.29, 0.717) is 11.5 Å². The zero-order chi connectivity index (χ0) is 8.89. The molecular formula is C11H19NO. The first-order valence-electron chi connectivity index (χ1n) is 5.70. The minimum atomic E-state index is 0.538. The van der Waals surface area contributed by atoms with E-state index in [1.807, 2.05) is 0 Å². The number of hydrogen-bond acceptors (Lipinski definition) is 2. The first kappa shape index (κ1) is 8.25. The summed E-state index contributed by atoms with van der Waals surface area (Å²) in [4.78, 5) is 0. The third-order valence-corrected chi connectivity index (χ3v) is 4.75. The van der Waals surface area contributed by atoms with Crippen molar-refractivity contribution >= 4 is 0 Å². The highest BCUT2D eigenvalue weighted by molar-refractivity contribution is 5.12. The lowest BCUT2D eigenvalue weighted by atomic mass is 9.50. The average molecular weight is 181 g/mol. The van der Waals surface area contributed by atoms with Crippen molar-refractivity contribution in [2.45, 2.75) is 38.2 Å². The van der Waals surface area contributed by atoms with Crippen LogP contribution in [0, 0.1) is 17.3 Å². The summed E-state index contributed by atoms with van der Waals surface area (Å²) in [5, 5.41) is 0. The fraction of sp³-hybridized carbons (Fsp3) is 1.00. The van der Waals surface area contributed by atoms with E-state index in [-0.39, 0.29) is 0 Å². The van der Waals surface area contributed by atoms with Crippen molar-refractivity contribution in [1.82, 2.24) is 0 Å². The predicted octanol–water partition coefficient (Wildman–Crippen LogP) is 1.54. The van der Waals surface area contributed by atoms with Crippen molar-refractivity contribution in [2.24, 2.45) is 23.0 Å². The van der Waals surface area contributed by atoms with Crippen molar-refractivity contribution in [3.63, 3.8) is 0 Å². The Bertz CT molecular complexity index is 210. The molecule has 2 saturated carbocycles. The molecule has 1 heterocycles. The third-order valence-electron chi connectivity index (χ3n) is 4.75. The fourth-order valence-electron chi connectivity index (χ4n) is 4.23. The highest BCUT2D eigenvalue weighted by Crippen LogP contribution is 2.63. The summed E-state index contributed by atoms with van der Waals surface area (Å²) < 4.78 is 5.87. The van der Waals surface area contributed by atoms with Crippen molar-refractivity contribution in [2.75, 3.05) is 13.2 Å². The van der Waals surface area contributed by atoms with Crippen molar-refractivity contribution in [3.8, 4) is 0 Å². The molecule has 1 aliphatic heterocycles. The molecule has 0 radical (unpaired) electrons. The number of rotatable bonds is 1. The average Bonchev–Trinajstić information content (AvgIpc) is 2.69. The highest BCUT2D eigenvalue weighted by Gasteiger charge is 2.63. The Morgan fingerprint density at radius 2 is 2.08 bits per heavy atom. The van der Waals surface area contributed by atoms with Crippen LogP contribution < -0.4 is 5.73 Å². The lowest BCUT2D eigenvalue weighted by Crippen LogP contribution is -2.60. The molecule has 3 aliphatic rings. The molecule has 0 aromatic heterocycles. The standard InChI is InChI=1S/C11H19NO/c12-7-9-8-3-6-13-10(8)11(9)4-1-2-5-11/h8-10H,1-7,12H2. The molecule has 3 rings (SSSR count). The van der Waals surface area contributed by atoms with Gasteiger partial charge < -0.3 is 10.5 Å². The zero-order valence-corrected chi connectivity index (χ0v) is 8.17. The first-order valence-corrected chi connectivity index (χ1v) is 5.70. The summed E-state index contributed by atoms with van der Waals surface area (Å²) in [5.41, 5.74) is 6.43. The van der Waals surface area contributed by atoms with E-state index >= 15 is 0 Å². The molecule has 3 unspecified atom stereocenters. The lowest BCUT2D eigenvalue weighted by molar-refractivity contribution is -0.152. The van der Waals surface area contributed by atoms with Gasteiger partial charge in [0, 0.05) is 12.0 Å². The summed E-state index contributed by atoms with van der Waals surface area (Å²) in [6.45, 7) is 1.89. The van der Waals surface area contributed by atoms with Crippen molar-refractivity contribution in [3.05, 3.63) is 0 Å². The van der Waals surface area contributed by atoms with E-state index in [0.717, 1.165) is 25.0 Å². The van der Waals surface area contributed by atoms with E-state index < -0.39 is 0 Å². The second-order valence-electron chi connectivity index (χ2n) is 5.03. The van der Waals surface area contributed by atoms with Crippen molar-refractivity contribution < 1.29 is 4.74 Å². The number of ether oxygens (including phenoxy) is 1. The Morgan fingerprint density at radius 3 is 2.77 bits per heavy atom. The number of hydrogen-bond donors (Lipinski definition) is 1. The quantitative estimate of drug-likeness (QED) is 0.666. The molecule has 2 N–H and O–H groups in total. The highest BCUT2D eigenvalue weighted by atomic mass is 16.5. The molecule has 1 spiro atoms. The van der Waals surface area contributed by atoms with Gasteiger partial charge >= 0.3 is 0 Å². The smallest absolute Gasteiger partial charge is 0.0666 e. The Morgan fingerprint density at radius 1 is 1.31 bits per heavy atom. The second kappa shape index (κ2) is 2.71. The van der Waals surface area contributed by atoms with Crippen molar-refractivity contribution in [1.29, 1.82) is 0 Å². The van der Waals surface area contributed by atoms with Crippen LogP contribution in [0.4, 0.5) is 0 Å². The number of nitrogens with two attached hydrogens (primary N) is 1. The van der Waals surface area contributed by atoms with Gasteiger partial charge in [0.15, 0.2) is 0 Å². The van der Waals surface area contributed by atoms with Gasteiger partial charge in [-0.3, -0.25) is 0 Å². The Kier molecular flexibility index (Phi) is 1.72. The van der Waals surface area contributed by atoms with Crippen LogP contribution in [0.5, 0.6) is 0 Å². The minimum absolute atomic E-state index is 0.538. The van der Waals surface area contributed by atoms with Crippen LogP contribution in [0.1, 0.15) is 32.1 Å². The van der Waals surface area contributed by atoms with E-state index in [1.165, 1.54) is 32.1 Å². The molecule has 3 fully saturated rings. The van der Waals surface area contributed by atoms with Crippen LogP contribution in [-0.4, -0.2) is 19.3 Å². The molecule has 2 aliphatic carbocycles. The molecule has 74 valence electrons. The van der Waals surface area contributed by atoms with Gasteiger partial charge in [-0.25, -0.2) is 0 Å². The van der Waals surface area contributed by atoms with E-state index in [1.54, 1.807) is 0 Å². The van der Waals surface area contributed by atoms with Gasteiger partial charge in [0.05, 0.1) is 6.10 Å². The molecule has 2 nitrogen and oxygen atoms in total. The van der Waals surface area contributed by atoms with Gasteiger partial charge in [-0.15, -0.1) is 0 Å². The molecule has 0 aromatic carbocycles. The molecule has 1 saturated heterocycles. The maximum Gasteiger partial charge on any atom is 0.0666 e. The largest absolute Gasteiger partial charge is 0.377 e. The Balaban J connectivity index is 1.85. The van der Waals surface area contributed by atoms with Crippen LogP contribution in [-0.2, 0) is 4.74 Å². The van der Waals surface area contributed by atoms with Gasteiger partial charge in [-0.05, 0) is 37.6 Å². The van der Waals surface area contributed by atoms with E-state index in [2.05, 4.69) is 0 Å². The van der Waals surface area contributed by atoms with Crippen LogP contribution in [0.15, 0.2) is 0 Å². The molecular weight excluding hydrogens is 162 g/mol. The summed E-state index contributed by atoms with van der Waals surface area (Å²) in [5.74, 6) is 1.62. The minimum Gasteiger partial charge on any atom is -0.377 e. The molecule has 0 aromatic rings. The third kappa shape index (κ3) is 0.861. The van der Waals surface area contributed by atoms with Crippen LogP contribution in [0.3, 0.4) is 0 Å². The van der Waals surface area contributed by atoms with Gasteiger partial charge in [0.25, 0.3) is 0 Å². The lowest BCUT2D eigenvalue weighted by Gasteiger charge is -2.56. The summed E-state index contributed by atoms with van der Waals surface area (Å²) in [6, 6.07) is 0. The number of fused-ring (bicyclic) bond motifs is 2. The van der Waals surface area contributed by atoms with Gasteiger partial charge in [-0.2, -0.15) is 0 Å². The van der Waals surface area contributed by atoms with E-state index in [4.69, 9.17) is 10.5 Å². The molecule has 2 heteroatoms. The molecule has 3 atom stereocenters. The predicted molar refractivity (Wildman–Crippen MR) is 51.3 cm³/mol. The Labute approximate surface area is 79.8 Å². The van der Waals surface area contributed by atoms with E-state index in [9.17, 15) is 0 Å². The maximum absolute atomic E-state index is 5.89. The van der Waals surface area contributed by atoms with Gasteiger partial charge in [0.2, 0.25) is 0 Å². The van der Waals surface area contributed by atoms with Gasteiger partial charge in [0.1, 0.15) is 0 Å². The maximum atomic E-state index is 5.89. The fourth-order valence-corrected chi connectivity index (χ4v) is 4.23. The topological polar surface area (TPSA) is 35.2 Å². The summed E-state index contributed by atoms with van der Waals surface area (Å²) in [6.07, 6.45) is 7.45. The normalized spacial score (nSPS) is 46.4. The zero-order valence-electron chi connectivity index (χ0n) is 8.17. The monoisotopic (exact) mass is 181 g/mol. The van der Waals surface area contributed by atoms with Crippen LogP contribution in [0.2, 0.25) is 0 Å². The molecule has 13 heavy (non-hydrogen) atoms.